The summed E-state index contributed by atoms with van der Waals surface area (Å²) >= 11 is 0. The number of fused-ring (bicyclic) bond motifs is 1. The Balaban J connectivity index is 1.19. The van der Waals surface area contributed by atoms with Gasteiger partial charge >= 0.3 is 0 Å². The highest BCUT2D eigenvalue weighted by Gasteiger charge is 2.27. The quantitative estimate of drug-likeness (QED) is 0.218. The minimum absolute atomic E-state index is 0.0704. The van der Waals surface area contributed by atoms with Crippen molar-refractivity contribution in [1.29, 1.82) is 0 Å². The first-order valence-electron chi connectivity index (χ1n) is 14.3. The van der Waals surface area contributed by atoms with Crippen molar-refractivity contribution in [3.05, 3.63) is 95.2 Å². The topological polar surface area (TPSA) is 88.8 Å². The Hall–Kier alpha value is -3.89. The maximum atomic E-state index is 14.4. The molecule has 0 aliphatic heterocycles. The number of halogens is 2. The molecule has 2 heterocycles. The van der Waals surface area contributed by atoms with Crippen LogP contribution in [0.5, 0.6) is 0 Å². The molecule has 5 rings (SSSR count). The van der Waals surface area contributed by atoms with Crippen molar-refractivity contribution in [2.24, 2.45) is 0 Å². The van der Waals surface area contributed by atoms with E-state index >= 15 is 0 Å². The third-order valence-electron chi connectivity index (χ3n) is 7.51. The summed E-state index contributed by atoms with van der Waals surface area (Å²) in [6, 6.07) is 11.9. The Morgan fingerprint density at radius 2 is 2.05 bits per heavy atom. The van der Waals surface area contributed by atoms with Crippen LogP contribution in [0, 0.1) is 18.6 Å². The number of hydrogen-bond acceptors (Lipinski definition) is 5. The number of hydrogen-bond donors (Lipinski definition) is 3. The van der Waals surface area contributed by atoms with Gasteiger partial charge in [0.05, 0.1) is 30.2 Å². The molecule has 2 atom stereocenters. The average molecular weight is 562 g/mol. The molecule has 0 radical (unpaired) electrons. The zero-order valence-corrected chi connectivity index (χ0v) is 23.5. The number of amides is 1. The predicted molar refractivity (Wildman–Crippen MR) is 155 cm³/mol. The van der Waals surface area contributed by atoms with Crippen molar-refractivity contribution in [3.8, 4) is 5.69 Å². The van der Waals surface area contributed by atoms with Gasteiger partial charge in [-0.05, 0) is 67.5 Å². The molecular formula is C31H37F2N7O. The second kappa shape index (κ2) is 13.2. The fraction of sp³-hybridized carbons (Fsp3) is 0.387. The Labute approximate surface area is 239 Å². The molecule has 1 aliphatic rings. The summed E-state index contributed by atoms with van der Waals surface area (Å²) < 4.78 is 31.8. The predicted octanol–water partition coefficient (Wildman–Crippen LogP) is 4.70. The van der Waals surface area contributed by atoms with Gasteiger partial charge in [0.25, 0.3) is 0 Å². The molecular weight excluding hydrogens is 524 g/mol. The number of nitrogens with one attached hydrogen (secondary N) is 3. The van der Waals surface area contributed by atoms with E-state index in [-0.39, 0.29) is 11.9 Å². The first kappa shape index (κ1) is 28.6. The smallest absolute Gasteiger partial charge is 0.242 e. The van der Waals surface area contributed by atoms with Crippen molar-refractivity contribution in [3.63, 3.8) is 0 Å². The van der Waals surface area contributed by atoms with Crippen molar-refractivity contribution in [2.75, 3.05) is 11.9 Å². The number of aryl methyl sites for hydroxylation is 2. The van der Waals surface area contributed by atoms with Gasteiger partial charge in [-0.25, -0.2) is 13.8 Å². The summed E-state index contributed by atoms with van der Waals surface area (Å²) in [5.41, 5.74) is 4.34. The zero-order valence-electron chi connectivity index (χ0n) is 23.5. The second-order valence-electron chi connectivity index (χ2n) is 10.7. The lowest BCUT2D eigenvalue weighted by Crippen LogP contribution is -2.48. The molecule has 0 unspecified atom stereocenters. The monoisotopic (exact) mass is 561 g/mol. The van der Waals surface area contributed by atoms with E-state index in [0.717, 1.165) is 42.5 Å². The first-order chi connectivity index (χ1) is 19.9. The van der Waals surface area contributed by atoms with Gasteiger partial charge in [-0.15, -0.1) is 0 Å². The summed E-state index contributed by atoms with van der Waals surface area (Å²) in [4.78, 5) is 17.7. The van der Waals surface area contributed by atoms with Crippen LogP contribution in [0.4, 0.5) is 14.6 Å². The lowest BCUT2D eigenvalue weighted by Gasteiger charge is -2.29. The number of rotatable bonds is 12. The van der Waals surface area contributed by atoms with Crippen LogP contribution in [0.2, 0.25) is 0 Å². The maximum Gasteiger partial charge on any atom is 0.242 e. The number of imidazole rings is 1. The zero-order chi connectivity index (χ0) is 28.8. The minimum Gasteiger partial charge on any atom is -0.311 e. The summed E-state index contributed by atoms with van der Waals surface area (Å²) in [6.07, 6.45) is 8.64. The molecule has 3 N–H and O–H groups in total. The van der Waals surface area contributed by atoms with E-state index in [1.165, 1.54) is 6.07 Å². The van der Waals surface area contributed by atoms with Crippen molar-refractivity contribution >= 4 is 11.7 Å². The van der Waals surface area contributed by atoms with Crippen LogP contribution in [-0.4, -0.2) is 43.9 Å². The third-order valence-corrected chi connectivity index (χ3v) is 7.51. The van der Waals surface area contributed by atoms with Gasteiger partial charge in [-0.1, -0.05) is 31.5 Å². The van der Waals surface area contributed by atoms with E-state index in [2.05, 4.69) is 32.1 Å². The summed E-state index contributed by atoms with van der Waals surface area (Å²) in [5.74, 6) is -0.775. The Morgan fingerprint density at radius 3 is 2.85 bits per heavy atom. The fourth-order valence-corrected chi connectivity index (χ4v) is 5.44. The molecule has 0 saturated heterocycles. The van der Waals surface area contributed by atoms with E-state index < -0.39 is 17.7 Å². The largest absolute Gasteiger partial charge is 0.311 e. The number of nitrogens with zero attached hydrogens (tertiary/aromatic N) is 4. The molecule has 0 saturated carbocycles. The van der Waals surface area contributed by atoms with Crippen LogP contribution in [0.25, 0.3) is 5.69 Å². The summed E-state index contributed by atoms with van der Waals surface area (Å²) in [7, 11) is 0. The van der Waals surface area contributed by atoms with E-state index in [4.69, 9.17) is 0 Å². The van der Waals surface area contributed by atoms with Crippen molar-refractivity contribution in [2.45, 2.75) is 71.1 Å². The molecule has 0 spiro atoms. The highest BCUT2D eigenvalue weighted by Crippen LogP contribution is 2.26. The normalized spacial score (nSPS) is 15.5. The maximum absolute atomic E-state index is 14.4. The molecule has 2 aromatic heterocycles. The van der Waals surface area contributed by atoms with E-state index in [9.17, 15) is 13.6 Å². The standard InChI is InChI=1S/C31H37F2N7O/c1-3-6-28(36-25-10-9-22-15-24(32)16-27(33)26(22)17-25)31(41)37-30-19-39(20-35-30)29-8-5-4-7-23(29)18-34-12-14-40-13-11-21(2)38-40/h4-5,7-8,11,13,15-16,19-20,25,28,34,36H,3,6,9-10,12,14,17-18H2,1-2H3,(H,37,41)/t25-,28+/m0/s1. The molecule has 4 aromatic rings. The fourth-order valence-electron chi connectivity index (χ4n) is 5.44. The molecule has 216 valence electrons. The molecule has 1 aliphatic carbocycles. The van der Waals surface area contributed by atoms with E-state index in [1.807, 2.05) is 59.8 Å². The van der Waals surface area contributed by atoms with Crippen molar-refractivity contribution < 1.29 is 13.6 Å². The molecule has 0 bridgehead atoms. The van der Waals surface area contributed by atoms with Gasteiger partial charge in [0.2, 0.25) is 5.91 Å². The van der Waals surface area contributed by atoms with Gasteiger partial charge in [-0.2, -0.15) is 5.10 Å². The second-order valence-corrected chi connectivity index (χ2v) is 10.7. The Kier molecular flexibility index (Phi) is 9.21. The van der Waals surface area contributed by atoms with Gasteiger partial charge < -0.3 is 20.5 Å². The lowest BCUT2D eigenvalue weighted by molar-refractivity contribution is -0.118. The number of para-hydroxylation sites is 1. The highest BCUT2D eigenvalue weighted by molar-refractivity contribution is 5.94. The molecule has 0 fully saturated rings. The molecule has 1 amide bonds. The molecule has 41 heavy (non-hydrogen) atoms. The molecule has 2 aromatic carbocycles. The van der Waals surface area contributed by atoms with Crippen molar-refractivity contribution in [1.82, 2.24) is 30.0 Å². The minimum atomic E-state index is -0.547. The number of carbonyl (C=O) groups excluding carboxylic acids is 1. The SMILES string of the molecule is CCC[C@@H](N[C@H]1CCc2cc(F)cc(F)c2C1)C(=O)Nc1cn(-c2ccccc2CNCCn2ccc(C)n2)cn1. The Morgan fingerprint density at radius 1 is 1.20 bits per heavy atom. The van der Waals surface area contributed by atoms with E-state index in [1.54, 1.807) is 6.33 Å². The van der Waals surface area contributed by atoms with Crippen LogP contribution in [0.1, 0.15) is 48.6 Å². The number of anilines is 1. The third kappa shape index (κ3) is 7.25. The lowest BCUT2D eigenvalue weighted by atomic mass is 9.87. The number of benzene rings is 2. The van der Waals surface area contributed by atoms with Crippen LogP contribution in [0.3, 0.4) is 0 Å². The van der Waals surface area contributed by atoms with Crippen LogP contribution in [-0.2, 0) is 30.7 Å². The van der Waals surface area contributed by atoms with Crippen LogP contribution >= 0.6 is 0 Å². The van der Waals surface area contributed by atoms with E-state index in [0.29, 0.717) is 49.2 Å². The number of aromatic nitrogens is 4. The van der Waals surface area contributed by atoms with Gasteiger partial charge in [0.1, 0.15) is 18.0 Å². The van der Waals surface area contributed by atoms with Gasteiger partial charge in [0, 0.05) is 31.4 Å². The molecule has 10 heteroatoms. The Bertz CT molecular complexity index is 1480. The molecule has 8 nitrogen and oxygen atoms in total. The van der Waals surface area contributed by atoms with Crippen LogP contribution in [0.15, 0.2) is 61.2 Å². The summed E-state index contributed by atoms with van der Waals surface area (Å²) in [6.45, 7) is 6.24. The first-order valence-corrected chi connectivity index (χ1v) is 14.3. The summed E-state index contributed by atoms with van der Waals surface area (Å²) in [5, 5.41) is 14.3. The van der Waals surface area contributed by atoms with Gasteiger partial charge in [0.15, 0.2) is 5.82 Å². The number of carbonyl (C=O) groups is 1. The highest BCUT2D eigenvalue weighted by atomic mass is 19.1. The average Bonchev–Trinajstić information content (AvgIpc) is 3.60. The van der Waals surface area contributed by atoms with Crippen LogP contribution < -0.4 is 16.0 Å². The van der Waals surface area contributed by atoms with Gasteiger partial charge in [-0.3, -0.25) is 9.48 Å².